The maximum atomic E-state index is 9.56. The molecule has 0 saturated heterocycles. The maximum absolute atomic E-state index is 9.56. The smallest absolute Gasteiger partial charge is 0.0540 e. The van der Waals surface area contributed by atoms with Crippen molar-refractivity contribution in [2.24, 2.45) is 5.92 Å². The summed E-state index contributed by atoms with van der Waals surface area (Å²) in [5.41, 5.74) is 1.62. The van der Waals surface area contributed by atoms with Crippen LogP contribution < -0.4 is 5.32 Å². The molecule has 3 rings (SSSR count). The van der Waals surface area contributed by atoms with E-state index in [0.29, 0.717) is 6.04 Å². The van der Waals surface area contributed by atoms with E-state index >= 15 is 0 Å². The molecule has 112 valence electrons. The van der Waals surface area contributed by atoms with Gasteiger partial charge in [-0.3, -0.25) is 0 Å². The normalized spacial score (nSPS) is 28.1. The molecule has 1 heterocycles. The minimum atomic E-state index is -0.0345. The predicted molar refractivity (Wildman–Crippen MR) is 85.3 cm³/mol. The van der Waals surface area contributed by atoms with Gasteiger partial charge in [-0.1, -0.05) is 0 Å². The number of hydrogen-bond donors (Lipinski definition) is 2. The van der Waals surface area contributed by atoms with E-state index in [4.69, 9.17) is 0 Å². The summed E-state index contributed by atoms with van der Waals surface area (Å²) >= 11 is 2.03. The Morgan fingerprint density at radius 2 is 2.00 bits per heavy atom. The number of rotatable bonds is 4. The zero-order valence-electron chi connectivity index (χ0n) is 12.5. The Hall–Kier alpha value is -0.380. The van der Waals surface area contributed by atoms with E-state index < -0.39 is 0 Å². The number of fused-ring (bicyclic) bond motifs is 1. The molecule has 2 N–H and O–H groups in total. The van der Waals surface area contributed by atoms with Crippen molar-refractivity contribution in [2.45, 2.75) is 70.4 Å². The Bertz CT molecular complexity index is 411. The van der Waals surface area contributed by atoms with E-state index in [9.17, 15) is 5.11 Å². The van der Waals surface area contributed by atoms with Crippen LogP contribution >= 0.6 is 11.3 Å². The largest absolute Gasteiger partial charge is 0.393 e. The summed E-state index contributed by atoms with van der Waals surface area (Å²) in [5, 5.41) is 13.3. The first-order valence-corrected chi connectivity index (χ1v) is 9.07. The van der Waals surface area contributed by atoms with Gasteiger partial charge >= 0.3 is 0 Å². The highest BCUT2D eigenvalue weighted by molar-refractivity contribution is 7.12. The molecule has 2 nitrogen and oxygen atoms in total. The summed E-state index contributed by atoms with van der Waals surface area (Å²) in [7, 11) is 0. The quantitative estimate of drug-likeness (QED) is 0.884. The Morgan fingerprint density at radius 1 is 1.25 bits per heavy atom. The van der Waals surface area contributed by atoms with Crippen LogP contribution in [0.4, 0.5) is 0 Å². The summed E-state index contributed by atoms with van der Waals surface area (Å²) in [6.45, 7) is 3.41. The van der Waals surface area contributed by atoms with E-state index in [1.807, 2.05) is 11.3 Å². The molecule has 1 aromatic heterocycles. The van der Waals surface area contributed by atoms with Crippen LogP contribution in [-0.2, 0) is 12.8 Å². The van der Waals surface area contributed by atoms with Gasteiger partial charge in [0.2, 0.25) is 0 Å². The topological polar surface area (TPSA) is 32.3 Å². The van der Waals surface area contributed by atoms with Gasteiger partial charge in [-0.15, -0.1) is 11.3 Å². The van der Waals surface area contributed by atoms with Gasteiger partial charge in [0.25, 0.3) is 0 Å². The monoisotopic (exact) mass is 293 g/mol. The second-order valence-corrected chi connectivity index (χ2v) is 7.78. The number of aliphatic hydroxyl groups excluding tert-OH is 1. The first kappa shape index (κ1) is 14.6. The summed E-state index contributed by atoms with van der Waals surface area (Å²) in [6, 6.07) is 2.93. The van der Waals surface area contributed by atoms with Crippen LogP contribution in [0.5, 0.6) is 0 Å². The van der Waals surface area contributed by atoms with Gasteiger partial charge in [0.1, 0.15) is 0 Å². The number of aliphatic hydroxyl groups is 1. The van der Waals surface area contributed by atoms with Crippen LogP contribution in [0.2, 0.25) is 0 Å². The average molecular weight is 293 g/mol. The number of aryl methyl sites for hydroxylation is 2. The standard InChI is InChI=1S/C17H27NOS/c1-12(18-11-13-6-8-15(19)9-7-13)17-10-14-4-2-3-5-16(14)20-17/h10,12-13,15,18-19H,2-9,11H2,1H3. The fourth-order valence-corrected chi connectivity index (χ4v) is 4.80. The second kappa shape index (κ2) is 6.59. The van der Waals surface area contributed by atoms with Gasteiger partial charge in [-0.25, -0.2) is 0 Å². The average Bonchev–Trinajstić information content (AvgIpc) is 2.90. The van der Waals surface area contributed by atoms with Crippen LogP contribution in [0.25, 0.3) is 0 Å². The van der Waals surface area contributed by atoms with Crippen molar-refractivity contribution in [1.82, 2.24) is 5.32 Å². The highest BCUT2D eigenvalue weighted by Crippen LogP contribution is 2.33. The molecule has 1 fully saturated rings. The summed E-state index contributed by atoms with van der Waals surface area (Å²) < 4.78 is 0. The molecule has 1 saturated carbocycles. The van der Waals surface area contributed by atoms with Gasteiger partial charge in [0, 0.05) is 15.8 Å². The lowest BCUT2D eigenvalue weighted by Gasteiger charge is -2.26. The lowest BCUT2D eigenvalue weighted by Crippen LogP contribution is -2.29. The molecular formula is C17H27NOS. The first-order chi connectivity index (χ1) is 9.72. The third kappa shape index (κ3) is 3.44. The van der Waals surface area contributed by atoms with Crippen LogP contribution in [0.15, 0.2) is 6.07 Å². The van der Waals surface area contributed by atoms with Gasteiger partial charge < -0.3 is 10.4 Å². The fourth-order valence-electron chi connectivity index (χ4n) is 3.52. The van der Waals surface area contributed by atoms with Gasteiger partial charge in [-0.05, 0) is 82.4 Å². The van der Waals surface area contributed by atoms with E-state index in [2.05, 4.69) is 18.3 Å². The van der Waals surface area contributed by atoms with Gasteiger partial charge in [0.15, 0.2) is 0 Å². The third-order valence-electron chi connectivity index (χ3n) is 4.97. The van der Waals surface area contributed by atoms with E-state index in [0.717, 1.165) is 25.3 Å². The van der Waals surface area contributed by atoms with Crippen LogP contribution in [0.3, 0.4) is 0 Å². The SMILES string of the molecule is CC(NCC1CCC(O)CC1)c1cc2c(s1)CCCC2. The minimum Gasteiger partial charge on any atom is -0.393 e. The van der Waals surface area contributed by atoms with Gasteiger partial charge in [-0.2, -0.15) is 0 Å². The van der Waals surface area contributed by atoms with Crippen molar-refractivity contribution in [1.29, 1.82) is 0 Å². The van der Waals surface area contributed by atoms with Crippen molar-refractivity contribution in [3.05, 3.63) is 21.4 Å². The summed E-state index contributed by atoms with van der Waals surface area (Å²) in [6.07, 6.45) is 9.65. The molecular weight excluding hydrogens is 266 g/mol. The zero-order chi connectivity index (χ0) is 13.9. The van der Waals surface area contributed by atoms with Crippen LogP contribution in [-0.4, -0.2) is 17.8 Å². The molecule has 0 spiro atoms. The Labute approximate surface area is 126 Å². The van der Waals surface area contributed by atoms with E-state index in [-0.39, 0.29) is 6.10 Å². The predicted octanol–water partition coefficient (Wildman–Crippen LogP) is 3.83. The number of hydrogen-bond acceptors (Lipinski definition) is 3. The number of thiophene rings is 1. The maximum Gasteiger partial charge on any atom is 0.0540 e. The molecule has 0 aromatic carbocycles. The molecule has 0 amide bonds. The second-order valence-electron chi connectivity index (χ2n) is 6.61. The Kier molecular flexibility index (Phi) is 4.79. The van der Waals surface area contributed by atoms with Crippen molar-refractivity contribution in [3.63, 3.8) is 0 Å². The molecule has 2 aliphatic carbocycles. The Morgan fingerprint density at radius 3 is 2.75 bits per heavy atom. The summed E-state index contributed by atoms with van der Waals surface area (Å²) in [5.74, 6) is 0.760. The van der Waals surface area contributed by atoms with E-state index in [1.54, 1.807) is 10.4 Å². The minimum absolute atomic E-state index is 0.0345. The lowest BCUT2D eigenvalue weighted by molar-refractivity contribution is 0.108. The molecule has 0 aliphatic heterocycles. The fraction of sp³-hybridized carbons (Fsp3) is 0.765. The number of nitrogens with one attached hydrogen (secondary N) is 1. The van der Waals surface area contributed by atoms with E-state index in [1.165, 1.54) is 43.4 Å². The van der Waals surface area contributed by atoms with Crippen LogP contribution in [0.1, 0.15) is 66.8 Å². The Balaban J connectivity index is 1.51. The molecule has 1 unspecified atom stereocenters. The highest BCUT2D eigenvalue weighted by atomic mass is 32.1. The zero-order valence-corrected chi connectivity index (χ0v) is 13.3. The van der Waals surface area contributed by atoms with Crippen LogP contribution in [0, 0.1) is 5.92 Å². The molecule has 1 aromatic rings. The third-order valence-corrected chi connectivity index (χ3v) is 6.39. The molecule has 2 aliphatic rings. The first-order valence-electron chi connectivity index (χ1n) is 8.25. The highest BCUT2D eigenvalue weighted by Gasteiger charge is 2.21. The van der Waals surface area contributed by atoms with Crippen molar-refractivity contribution < 1.29 is 5.11 Å². The molecule has 20 heavy (non-hydrogen) atoms. The molecule has 0 radical (unpaired) electrons. The van der Waals surface area contributed by atoms with Crippen molar-refractivity contribution >= 4 is 11.3 Å². The molecule has 0 bridgehead atoms. The molecule has 3 heteroatoms. The summed E-state index contributed by atoms with van der Waals surface area (Å²) in [4.78, 5) is 3.16. The van der Waals surface area contributed by atoms with Crippen molar-refractivity contribution in [2.75, 3.05) is 6.54 Å². The lowest BCUT2D eigenvalue weighted by atomic mass is 9.87. The van der Waals surface area contributed by atoms with Gasteiger partial charge in [0.05, 0.1) is 6.10 Å². The van der Waals surface area contributed by atoms with Crippen molar-refractivity contribution in [3.8, 4) is 0 Å². The molecule has 1 atom stereocenters.